The number of carbonyl (C=O) groups is 1. The van der Waals surface area contributed by atoms with Gasteiger partial charge in [-0.1, -0.05) is 25.2 Å². The Kier molecular flexibility index (Phi) is 5.74. The fourth-order valence-corrected chi connectivity index (χ4v) is 3.83. The standard InChI is InChI=1S/C19H21F3N4OS/c1-4-11-8-15(24-26(11)19(21)22)12-9-25(3)18(28)16(12)17(27)23-14-7-5-6-13(20)10(14)2/h5-8,12,16,19H,4,9H2,1-3H3,(H,23,27). The Bertz CT molecular complexity index is 915. The minimum atomic E-state index is -2.75. The van der Waals surface area contributed by atoms with E-state index in [0.717, 1.165) is 0 Å². The van der Waals surface area contributed by atoms with Gasteiger partial charge in [0.1, 0.15) is 5.82 Å². The number of nitrogens with one attached hydrogen (secondary N) is 1. The monoisotopic (exact) mass is 410 g/mol. The van der Waals surface area contributed by atoms with Gasteiger partial charge in [-0.15, -0.1) is 0 Å². The lowest BCUT2D eigenvalue weighted by Gasteiger charge is -2.17. The minimum absolute atomic E-state index is 0.319. The summed E-state index contributed by atoms with van der Waals surface area (Å²) >= 11 is 5.42. The fourth-order valence-electron chi connectivity index (χ4n) is 3.48. The summed E-state index contributed by atoms with van der Waals surface area (Å²) in [6, 6.07) is 6.03. The van der Waals surface area contributed by atoms with Gasteiger partial charge >= 0.3 is 6.55 Å². The molecule has 2 aromatic rings. The first-order chi connectivity index (χ1) is 13.2. The number of aryl methyl sites for hydroxylation is 1. The Labute approximate surface area is 166 Å². The Morgan fingerprint density at radius 1 is 1.43 bits per heavy atom. The van der Waals surface area contributed by atoms with Gasteiger partial charge in [0, 0.05) is 36.5 Å². The molecule has 1 aromatic heterocycles. The molecule has 9 heteroatoms. The average molecular weight is 410 g/mol. The minimum Gasteiger partial charge on any atom is -0.368 e. The number of amides is 1. The number of halogens is 3. The van der Waals surface area contributed by atoms with Crippen molar-refractivity contribution in [2.45, 2.75) is 32.7 Å². The summed E-state index contributed by atoms with van der Waals surface area (Å²) in [4.78, 5) is 15.1. The third-order valence-electron chi connectivity index (χ3n) is 5.08. The molecule has 0 spiro atoms. The molecule has 0 saturated carbocycles. The second kappa shape index (κ2) is 7.90. The molecular formula is C19H21F3N4OS. The molecule has 1 N–H and O–H groups in total. The van der Waals surface area contributed by atoms with Crippen LogP contribution in [-0.2, 0) is 11.2 Å². The van der Waals surface area contributed by atoms with E-state index in [9.17, 15) is 18.0 Å². The molecule has 2 atom stereocenters. The number of hydrogen-bond acceptors (Lipinski definition) is 3. The largest absolute Gasteiger partial charge is 0.368 e. The highest BCUT2D eigenvalue weighted by atomic mass is 32.1. The molecule has 5 nitrogen and oxygen atoms in total. The lowest BCUT2D eigenvalue weighted by molar-refractivity contribution is -0.118. The van der Waals surface area contributed by atoms with Crippen LogP contribution in [-0.4, -0.2) is 39.2 Å². The number of nitrogens with zero attached hydrogens (tertiary/aromatic N) is 3. The van der Waals surface area contributed by atoms with Gasteiger partial charge < -0.3 is 10.2 Å². The van der Waals surface area contributed by atoms with Gasteiger partial charge in [-0.2, -0.15) is 13.9 Å². The van der Waals surface area contributed by atoms with Gasteiger partial charge in [0.25, 0.3) is 0 Å². The molecule has 0 radical (unpaired) electrons. The molecule has 1 aromatic carbocycles. The number of rotatable bonds is 5. The van der Waals surface area contributed by atoms with Crippen LogP contribution in [0.15, 0.2) is 24.3 Å². The lowest BCUT2D eigenvalue weighted by atomic mass is 9.91. The molecule has 1 saturated heterocycles. The van der Waals surface area contributed by atoms with E-state index in [-0.39, 0.29) is 0 Å². The van der Waals surface area contributed by atoms with E-state index in [4.69, 9.17) is 12.2 Å². The van der Waals surface area contributed by atoms with E-state index < -0.39 is 30.1 Å². The zero-order chi connectivity index (χ0) is 20.6. The van der Waals surface area contributed by atoms with Crippen molar-refractivity contribution in [2.24, 2.45) is 5.92 Å². The number of carbonyl (C=O) groups excluding carboxylic acids is 1. The van der Waals surface area contributed by atoms with E-state index in [1.807, 2.05) is 0 Å². The van der Waals surface area contributed by atoms with Crippen molar-refractivity contribution in [3.63, 3.8) is 0 Å². The molecule has 0 aliphatic carbocycles. The van der Waals surface area contributed by atoms with Gasteiger partial charge in [-0.3, -0.25) is 4.79 Å². The van der Waals surface area contributed by atoms with Gasteiger partial charge in [0.15, 0.2) is 0 Å². The molecule has 2 unspecified atom stereocenters. The summed E-state index contributed by atoms with van der Waals surface area (Å²) in [5, 5.41) is 6.77. The number of aromatic nitrogens is 2. The molecule has 3 rings (SSSR count). The summed E-state index contributed by atoms with van der Waals surface area (Å²) in [7, 11) is 1.75. The molecule has 1 aliphatic rings. The fraction of sp³-hybridized carbons (Fsp3) is 0.421. The Balaban J connectivity index is 1.92. The second-order valence-corrected chi connectivity index (χ2v) is 7.26. The molecule has 1 fully saturated rings. The number of likely N-dealkylation sites (N-methyl/N-ethyl adjacent to an activating group) is 1. The topological polar surface area (TPSA) is 50.2 Å². The average Bonchev–Trinajstić information content (AvgIpc) is 3.20. The van der Waals surface area contributed by atoms with E-state index in [1.54, 1.807) is 37.9 Å². The number of likely N-dealkylation sites (tertiary alicyclic amines) is 1. The van der Waals surface area contributed by atoms with Gasteiger partial charge in [0.2, 0.25) is 5.91 Å². The maximum Gasteiger partial charge on any atom is 0.333 e. The summed E-state index contributed by atoms with van der Waals surface area (Å²) in [5.41, 5.74) is 1.47. The number of benzene rings is 1. The van der Waals surface area contributed by atoms with Crippen LogP contribution in [0.5, 0.6) is 0 Å². The van der Waals surface area contributed by atoms with E-state index >= 15 is 0 Å². The second-order valence-electron chi connectivity index (χ2n) is 6.84. The Hall–Kier alpha value is -2.42. The Morgan fingerprint density at radius 2 is 2.14 bits per heavy atom. The molecule has 1 amide bonds. The van der Waals surface area contributed by atoms with Crippen LogP contribution in [0.1, 0.15) is 36.3 Å². The summed E-state index contributed by atoms with van der Waals surface area (Å²) in [5.74, 6) is -2.05. The van der Waals surface area contributed by atoms with Crippen LogP contribution in [0, 0.1) is 18.7 Å². The zero-order valence-corrected chi connectivity index (χ0v) is 16.6. The number of alkyl halides is 2. The van der Waals surface area contributed by atoms with Crippen LogP contribution in [0.25, 0.3) is 0 Å². The van der Waals surface area contributed by atoms with Gasteiger partial charge in [-0.25, -0.2) is 9.07 Å². The van der Waals surface area contributed by atoms with Crippen molar-refractivity contribution in [3.8, 4) is 0 Å². The smallest absolute Gasteiger partial charge is 0.333 e. The summed E-state index contributed by atoms with van der Waals surface area (Å²) < 4.78 is 40.9. The van der Waals surface area contributed by atoms with E-state index in [1.165, 1.54) is 12.1 Å². The molecule has 28 heavy (non-hydrogen) atoms. The maximum atomic E-state index is 13.8. The Morgan fingerprint density at radius 3 is 2.75 bits per heavy atom. The van der Waals surface area contributed by atoms with E-state index in [2.05, 4.69) is 10.4 Å². The first kappa shape index (κ1) is 20.3. The van der Waals surface area contributed by atoms with Crippen molar-refractivity contribution in [1.82, 2.24) is 14.7 Å². The van der Waals surface area contributed by atoms with E-state index in [0.29, 0.717) is 45.3 Å². The van der Waals surface area contributed by atoms with Crippen molar-refractivity contribution in [3.05, 3.63) is 47.0 Å². The third-order valence-corrected chi connectivity index (χ3v) is 5.65. The number of thiocarbonyl (C=S) groups is 1. The van der Waals surface area contributed by atoms with Crippen LogP contribution >= 0.6 is 12.2 Å². The predicted molar refractivity (Wildman–Crippen MR) is 104 cm³/mol. The highest BCUT2D eigenvalue weighted by Gasteiger charge is 2.43. The van der Waals surface area contributed by atoms with Crippen molar-refractivity contribution in [2.75, 3.05) is 18.9 Å². The lowest BCUT2D eigenvalue weighted by Crippen LogP contribution is -2.32. The first-order valence-electron chi connectivity index (χ1n) is 8.92. The van der Waals surface area contributed by atoms with Gasteiger partial charge in [0.05, 0.1) is 16.6 Å². The molecular weight excluding hydrogens is 389 g/mol. The maximum absolute atomic E-state index is 13.8. The number of hydrogen-bond donors (Lipinski definition) is 1. The van der Waals surface area contributed by atoms with Crippen LogP contribution in [0.2, 0.25) is 0 Å². The normalized spacial score (nSPS) is 19.5. The van der Waals surface area contributed by atoms with Crippen LogP contribution < -0.4 is 5.32 Å². The molecule has 2 heterocycles. The highest BCUT2D eigenvalue weighted by molar-refractivity contribution is 7.80. The molecule has 0 bridgehead atoms. The SMILES string of the molecule is CCc1cc(C2CN(C)C(=S)C2C(=O)Nc2cccc(F)c2C)nn1C(F)F. The first-order valence-corrected chi connectivity index (χ1v) is 9.32. The number of anilines is 1. The zero-order valence-electron chi connectivity index (χ0n) is 15.7. The van der Waals surface area contributed by atoms with Crippen LogP contribution in [0.3, 0.4) is 0 Å². The van der Waals surface area contributed by atoms with Crippen LogP contribution in [0.4, 0.5) is 18.9 Å². The molecule has 150 valence electrons. The predicted octanol–water partition coefficient (Wildman–Crippen LogP) is 3.90. The summed E-state index contributed by atoms with van der Waals surface area (Å²) in [6.45, 7) is 0.973. The van der Waals surface area contributed by atoms with Crippen molar-refractivity contribution < 1.29 is 18.0 Å². The quantitative estimate of drug-likeness (QED) is 0.760. The summed E-state index contributed by atoms with van der Waals surface area (Å²) in [6.07, 6.45) is 0.393. The van der Waals surface area contributed by atoms with Gasteiger partial charge in [-0.05, 0) is 31.5 Å². The highest BCUT2D eigenvalue weighted by Crippen LogP contribution is 2.35. The third kappa shape index (κ3) is 3.63. The molecule has 1 aliphatic heterocycles. The van der Waals surface area contributed by atoms with Crippen molar-refractivity contribution in [1.29, 1.82) is 0 Å². The van der Waals surface area contributed by atoms with Crippen molar-refractivity contribution >= 4 is 28.8 Å².